The minimum atomic E-state index is -4.63. The average Bonchev–Trinajstić information content (AvgIpc) is 2.25. The van der Waals surface area contributed by atoms with Crippen molar-refractivity contribution in [1.29, 1.82) is 5.26 Å². The van der Waals surface area contributed by atoms with E-state index in [0.29, 0.717) is 12.1 Å². The first-order valence-corrected chi connectivity index (χ1v) is 4.29. The van der Waals surface area contributed by atoms with Gasteiger partial charge in [0.05, 0.1) is 17.2 Å². The Balaban J connectivity index is 3.30. The molecular weight excluding hydrogens is 239 g/mol. The second kappa shape index (κ2) is 4.43. The molecule has 90 valence electrons. The van der Waals surface area contributed by atoms with E-state index >= 15 is 0 Å². The molecule has 0 aliphatic rings. The van der Waals surface area contributed by atoms with Crippen LogP contribution >= 0.6 is 0 Å². The van der Waals surface area contributed by atoms with Gasteiger partial charge in [-0.1, -0.05) is 6.07 Å². The van der Waals surface area contributed by atoms with E-state index in [1.807, 2.05) is 0 Å². The Morgan fingerprint density at radius 1 is 1.41 bits per heavy atom. The molecule has 2 N–H and O–H groups in total. The number of carbonyl (C=O) groups is 1. The van der Waals surface area contributed by atoms with Crippen LogP contribution in [0.4, 0.5) is 13.2 Å². The summed E-state index contributed by atoms with van der Waals surface area (Å²) in [5.41, 5.74) is -1.96. The van der Waals surface area contributed by atoms with Crippen molar-refractivity contribution < 1.29 is 28.2 Å². The minimum Gasteiger partial charge on any atom is -0.479 e. The van der Waals surface area contributed by atoms with Gasteiger partial charge in [-0.25, -0.2) is 4.79 Å². The summed E-state index contributed by atoms with van der Waals surface area (Å²) in [5, 5.41) is 26.3. The zero-order chi connectivity index (χ0) is 13.2. The second-order valence-electron chi connectivity index (χ2n) is 3.15. The van der Waals surface area contributed by atoms with Crippen molar-refractivity contribution in [1.82, 2.24) is 0 Å². The summed E-state index contributed by atoms with van der Waals surface area (Å²) in [6, 6.07) is 3.31. The van der Waals surface area contributed by atoms with Crippen molar-refractivity contribution in [3.8, 4) is 6.07 Å². The first-order chi connectivity index (χ1) is 7.77. The van der Waals surface area contributed by atoms with Crippen LogP contribution in [-0.2, 0) is 11.0 Å². The Morgan fingerprint density at radius 2 is 2.00 bits per heavy atom. The SMILES string of the molecule is N#Cc1cc(C(F)(F)F)ccc1C(O)C(=O)O. The number of nitriles is 1. The van der Waals surface area contributed by atoms with E-state index in [1.54, 1.807) is 0 Å². The minimum absolute atomic E-state index is 0.368. The number of hydrogen-bond donors (Lipinski definition) is 2. The van der Waals surface area contributed by atoms with Gasteiger partial charge >= 0.3 is 12.1 Å². The van der Waals surface area contributed by atoms with E-state index in [2.05, 4.69) is 0 Å². The third-order valence-corrected chi connectivity index (χ3v) is 2.03. The zero-order valence-corrected chi connectivity index (χ0v) is 8.19. The van der Waals surface area contributed by atoms with Gasteiger partial charge in [0.1, 0.15) is 0 Å². The zero-order valence-electron chi connectivity index (χ0n) is 8.19. The van der Waals surface area contributed by atoms with Crippen molar-refractivity contribution in [3.63, 3.8) is 0 Å². The molecule has 7 heteroatoms. The first kappa shape index (κ1) is 13.0. The molecule has 0 aromatic heterocycles. The van der Waals surface area contributed by atoms with Crippen LogP contribution in [0.5, 0.6) is 0 Å². The van der Waals surface area contributed by atoms with Gasteiger partial charge in [-0.15, -0.1) is 0 Å². The predicted octanol–water partition coefficient (Wildman–Crippen LogP) is 1.70. The predicted molar refractivity (Wildman–Crippen MR) is 48.8 cm³/mol. The molecule has 0 radical (unpaired) electrons. The molecule has 0 bridgehead atoms. The van der Waals surface area contributed by atoms with Crippen LogP contribution in [0.3, 0.4) is 0 Å². The van der Waals surface area contributed by atoms with Gasteiger partial charge in [0.15, 0.2) is 6.10 Å². The van der Waals surface area contributed by atoms with Crippen LogP contribution in [-0.4, -0.2) is 16.2 Å². The number of aliphatic hydroxyl groups is 1. The summed E-state index contributed by atoms with van der Waals surface area (Å²) in [6.07, 6.45) is -6.65. The summed E-state index contributed by atoms with van der Waals surface area (Å²) >= 11 is 0. The van der Waals surface area contributed by atoms with Crippen molar-refractivity contribution in [2.75, 3.05) is 0 Å². The standard InChI is InChI=1S/C10H6F3NO3/c11-10(12,13)6-1-2-7(5(3-6)4-14)8(15)9(16)17/h1-3,8,15H,(H,16,17). The van der Waals surface area contributed by atoms with E-state index in [4.69, 9.17) is 10.4 Å². The molecule has 0 aliphatic heterocycles. The molecule has 0 heterocycles. The quantitative estimate of drug-likeness (QED) is 0.830. The van der Waals surface area contributed by atoms with Crippen LogP contribution < -0.4 is 0 Å². The molecule has 1 unspecified atom stereocenters. The maximum atomic E-state index is 12.3. The lowest BCUT2D eigenvalue weighted by molar-refractivity contribution is -0.146. The van der Waals surface area contributed by atoms with Gasteiger partial charge in [-0.2, -0.15) is 18.4 Å². The fourth-order valence-corrected chi connectivity index (χ4v) is 1.20. The van der Waals surface area contributed by atoms with Gasteiger partial charge in [0.2, 0.25) is 0 Å². The molecule has 0 saturated carbocycles. The smallest absolute Gasteiger partial charge is 0.416 e. The molecule has 0 aliphatic carbocycles. The molecule has 1 aromatic carbocycles. The van der Waals surface area contributed by atoms with Crippen LogP contribution in [0, 0.1) is 11.3 Å². The van der Waals surface area contributed by atoms with Crippen molar-refractivity contribution in [2.24, 2.45) is 0 Å². The largest absolute Gasteiger partial charge is 0.479 e. The number of nitrogens with zero attached hydrogens (tertiary/aromatic N) is 1. The Bertz CT molecular complexity index is 491. The summed E-state index contributed by atoms with van der Waals surface area (Å²) in [7, 11) is 0. The maximum Gasteiger partial charge on any atom is 0.416 e. The van der Waals surface area contributed by atoms with E-state index in [-0.39, 0.29) is 5.56 Å². The van der Waals surface area contributed by atoms with E-state index in [9.17, 15) is 23.1 Å². The highest BCUT2D eigenvalue weighted by molar-refractivity contribution is 5.75. The molecule has 4 nitrogen and oxygen atoms in total. The molecular formula is C10H6F3NO3. The van der Waals surface area contributed by atoms with Crippen molar-refractivity contribution in [2.45, 2.75) is 12.3 Å². The maximum absolute atomic E-state index is 12.3. The topological polar surface area (TPSA) is 81.3 Å². The number of benzene rings is 1. The molecule has 1 aromatic rings. The molecule has 1 rings (SSSR count). The fraction of sp³-hybridized carbons (Fsp3) is 0.200. The van der Waals surface area contributed by atoms with Gasteiger partial charge in [-0.3, -0.25) is 0 Å². The monoisotopic (exact) mass is 245 g/mol. The number of aliphatic carboxylic acids is 1. The van der Waals surface area contributed by atoms with Gasteiger partial charge in [0, 0.05) is 5.56 Å². The lowest BCUT2D eigenvalue weighted by Gasteiger charge is -2.11. The number of rotatable bonds is 2. The lowest BCUT2D eigenvalue weighted by atomic mass is 10.00. The number of carboxylic acids is 1. The van der Waals surface area contributed by atoms with Crippen molar-refractivity contribution >= 4 is 5.97 Å². The Hall–Kier alpha value is -2.07. The normalized spacial score (nSPS) is 12.9. The first-order valence-electron chi connectivity index (χ1n) is 4.29. The summed E-state index contributed by atoms with van der Waals surface area (Å²) < 4.78 is 36.9. The number of carboxylic acid groups (broad SMARTS) is 1. The molecule has 17 heavy (non-hydrogen) atoms. The molecule has 0 saturated heterocycles. The lowest BCUT2D eigenvalue weighted by Crippen LogP contribution is -2.13. The van der Waals surface area contributed by atoms with Crippen LogP contribution in [0.15, 0.2) is 18.2 Å². The molecule has 0 amide bonds. The van der Waals surface area contributed by atoms with Crippen molar-refractivity contribution in [3.05, 3.63) is 34.9 Å². The number of halogens is 3. The van der Waals surface area contributed by atoms with Gasteiger partial charge in [-0.05, 0) is 12.1 Å². The number of hydrogen-bond acceptors (Lipinski definition) is 3. The van der Waals surface area contributed by atoms with E-state index < -0.39 is 29.4 Å². The Kier molecular flexibility index (Phi) is 3.39. The highest BCUT2D eigenvalue weighted by atomic mass is 19.4. The molecule has 0 spiro atoms. The Morgan fingerprint density at radius 3 is 2.41 bits per heavy atom. The van der Waals surface area contributed by atoms with E-state index in [1.165, 1.54) is 6.07 Å². The third kappa shape index (κ3) is 2.73. The Labute approximate surface area is 93.5 Å². The van der Waals surface area contributed by atoms with Crippen LogP contribution in [0.2, 0.25) is 0 Å². The van der Waals surface area contributed by atoms with Gasteiger partial charge < -0.3 is 10.2 Å². The molecule has 0 fully saturated rings. The highest BCUT2D eigenvalue weighted by Gasteiger charge is 2.32. The highest BCUT2D eigenvalue weighted by Crippen LogP contribution is 2.31. The van der Waals surface area contributed by atoms with E-state index in [0.717, 1.165) is 6.07 Å². The number of aliphatic hydroxyl groups excluding tert-OH is 1. The second-order valence-corrected chi connectivity index (χ2v) is 3.15. The van der Waals surface area contributed by atoms with Crippen LogP contribution in [0.1, 0.15) is 22.8 Å². The fourth-order valence-electron chi connectivity index (χ4n) is 1.20. The third-order valence-electron chi connectivity index (χ3n) is 2.03. The van der Waals surface area contributed by atoms with Crippen LogP contribution in [0.25, 0.3) is 0 Å². The summed E-state index contributed by atoms with van der Waals surface area (Å²) in [5.74, 6) is -1.64. The summed E-state index contributed by atoms with van der Waals surface area (Å²) in [6.45, 7) is 0. The summed E-state index contributed by atoms with van der Waals surface area (Å²) in [4.78, 5) is 10.5. The average molecular weight is 245 g/mol. The van der Waals surface area contributed by atoms with Gasteiger partial charge in [0.25, 0.3) is 0 Å². The molecule has 1 atom stereocenters. The number of alkyl halides is 3.